The highest BCUT2D eigenvalue weighted by molar-refractivity contribution is 7.90. The maximum atomic E-state index is 10.8. The number of rotatable bonds is 7. The van der Waals surface area contributed by atoms with Crippen LogP contribution >= 0.6 is 11.6 Å². The van der Waals surface area contributed by atoms with E-state index in [0.29, 0.717) is 19.1 Å². The molecule has 0 aliphatic carbocycles. The Bertz CT molecular complexity index is 216. The Kier molecular flexibility index (Phi) is 6.67. The molecular formula is C7H16ClNO3S. The Morgan fingerprint density at radius 3 is 2.54 bits per heavy atom. The van der Waals surface area contributed by atoms with E-state index in [4.69, 9.17) is 16.3 Å². The van der Waals surface area contributed by atoms with E-state index >= 15 is 0 Å². The highest BCUT2D eigenvalue weighted by atomic mass is 35.5. The van der Waals surface area contributed by atoms with Crippen LogP contribution in [0.15, 0.2) is 0 Å². The van der Waals surface area contributed by atoms with Crippen molar-refractivity contribution in [2.75, 3.05) is 25.0 Å². The van der Waals surface area contributed by atoms with Gasteiger partial charge in [0.1, 0.15) is 5.21 Å². The van der Waals surface area contributed by atoms with Crippen LogP contribution in [-0.4, -0.2) is 33.4 Å². The molecule has 0 saturated carbocycles. The fourth-order valence-corrected chi connectivity index (χ4v) is 1.33. The van der Waals surface area contributed by atoms with Gasteiger partial charge in [-0.1, -0.05) is 13.8 Å². The zero-order valence-electron chi connectivity index (χ0n) is 7.92. The molecule has 0 heterocycles. The highest BCUT2D eigenvalue weighted by Gasteiger charge is 2.05. The minimum absolute atomic E-state index is 0.280. The van der Waals surface area contributed by atoms with Gasteiger partial charge in [-0.3, -0.25) is 0 Å². The molecule has 0 aromatic rings. The maximum Gasteiger partial charge on any atom is 0.225 e. The maximum absolute atomic E-state index is 10.8. The molecule has 6 heteroatoms. The number of halogens is 1. The zero-order valence-corrected chi connectivity index (χ0v) is 9.49. The Labute approximate surface area is 84.7 Å². The van der Waals surface area contributed by atoms with Crippen LogP contribution < -0.4 is 4.72 Å². The average molecular weight is 230 g/mol. The smallest absolute Gasteiger partial charge is 0.225 e. The van der Waals surface area contributed by atoms with Crippen LogP contribution in [0.3, 0.4) is 0 Å². The number of hydrogen-bond acceptors (Lipinski definition) is 3. The van der Waals surface area contributed by atoms with E-state index in [-0.39, 0.29) is 6.54 Å². The normalized spacial score (nSPS) is 12.3. The number of alkyl halides is 1. The van der Waals surface area contributed by atoms with Gasteiger partial charge in [0.2, 0.25) is 10.0 Å². The van der Waals surface area contributed by atoms with Crippen molar-refractivity contribution in [2.45, 2.75) is 13.8 Å². The first-order valence-corrected chi connectivity index (χ1v) is 6.27. The van der Waals surface area contributed by atoms with Crippen LogP contribution in [0.1, 0.15) is 13.8 Å². The highest BCUT2D eigenvalue weighted by Crippen LogP contribution is 1.92. The van der Waals surface area contributed by atoms with Crippen molar-refractivity contribution in [3.8, 4) is 0 Å². The molecular weight excluding hydrogens is 214 g/mol. The van der Waals surface area contributed by atoms with Gasteiger partial charge in [0.05, 0.1) is 6.61 Å². The molecule has 0 aliphatic heterocycles. The summed E-state index contributed by atoms with van der Waals surface area (Å²) < 4.78 is 29.1. The summed E-state index contributed by atoms with van der Waals surface area (Å²) in [5, 5.41) is -0.406. The zero-order chi connectivity index (χ0) is 10.3. The Morgan fingerprint density at radius 2 is 2.08 bits per heavy atom. The van der Waals surface area contributed by atoms with Gasteiger partial charge < -0.3 is 4.74 Å². The van der Waals surface area contributed by atoms with Crippen molar-refractivity contribution >= 4 is 21.6 Å². The molecule has 0 saturated heterocycles. The van der Waals surface area contributed by atoms with Crippen molar-refractivity contribution in [3.63, 3.8) is 0 Å². The SMILES string of the molecule is CC(C)COCCNS(=O)(=O)CCl. The van der Waals surface area contributed by atoms with Crippen molar-refractivity contribution in [1.82, 2.24) is 4.72 Å². The van der Waals surface area contributed by atoms with E-state index in [2.05, 4.69) is 4.72 Å². The summed E-state index contributed by atoms with van der Waals surface area (Å²) in [6, 6.07) is 0. The first kappa shape index (κ1) is 13.2. The largest absolute Gasteiger partial charge is 0.380 e. The predicted molar refractivity (Wildman–Crippen MR) is 53.3 cm³/mol. The molecule has 0 unspecified atom stereocenters. The predicted octanol–water partition coefficient (Wildman–Crippen LogP) is 0.775. The number of nitrogens with one attached hydrogen (secondary N) is 1. The molecule has 0 bridgehead atoms. The van der Waals surface area contributed by atoms with Crippen LogP contribution in [0, 0.1) is 5.92 Å². The number of hydrogen-bond donors (Lipinski definition) is 1. The van der Waals surface area contributed by atoms with E-state index in [0.717, 1.165) is 0 Å². The summed E-state index contributed by atoms with van der Waals surface area (Å²) in [5.41, 5.74) is 0. The first-order valence-electron chi connectivity index (χ1n) is 4.09. The van der Waals surface area contributed by atoms with E-state index in [1.807, 2.05) is 13.8 Å². The van der Waals surface area contributed by atoms with Crippen molar-refractivity contribution in [2.24, 2.45) is 5.92 Å². The monoisotopic (exact) mass is 229 g/mol. The second-order valence-electron chi connectivity index (χ2n) is 3.09. The first-order chi connectivity index (χ1) is 5.98. The van der Waals surface area contributed by atoms with Crippen LogP contribution in [0.5, 0.6) is 0 Å². The fourth-order valence-electron chi connectivity index (χ4n) is 0.627. The molecule has 0 radical (unpaired) electrons. The van der Waals surface area contributed by atoms with E-state index in [1.165, 1.54) is 0 Å². The van der Waals surface area contributed by atoms with Gasteiger partial charge in [-0.05, 0) is 5.92 Å². The van der Waals surface area contributed by atoms with Crippen molar-refractivity contribution in [1.29, 1.82) is 0 Å². The molecule has 0 spiro atoms. The summed E-state index contributed by atoms with van der Waals surface area (Å²) in [7, 11) is -3.28. The second kappa shape index (κ2) is 6.59. The molecule has 0 aromatic heterocycles. The quantitative estimate of drug-likeness (QED) is 0.519. The third-order valence-electron chi connectivity index (χ3n) is 1.16. The van der Waals surface area contributed by atoms with Crippen molar-refractivity contribution in [3.05, 3.63) is 0 Å². The molecule has 0 atom stereocenters. The lowest BCUT2D eigenvalue weighted by Gasteiger charge is -2.07. The summed E-state index contributed by atoms with van der Waals surface area (Å²) in [4.78, 5) is 0. The molecule has 1 N–H and O–H groups in total. The van der Waals surface area contributed by atoms with Crippen molar-refractivity contribution < 1.29 is 13.2 Å². The fraction of sp³-hybridized carbons (Fsp3) is 1.00. The minimum Gasteiger partial charge on any atom is -0.380 e. The molecule has 13 heavy (non-hydrogen) atoms. The molecule has 0 rings (SSSR count). The lowest BCUT2D eigenvalue weighted by atomic mass is 10.2. The summed E-state index contributed by atoms with van der Waals surface area (Å²) in [6.45, 7) is 5.37. The second-order valence-corrected chi connectivity index (χ2v) is 5.48. The third kappa shape index (κ3) is 8.49. The third-order valence-corrected chi connectivity index (χ3v) is 2.96. The van der Waals surface area contributed by atoms with E-state index in [1.54, 1.807) is 0 Å². The Hall–Kier alpha value is 0.160. The van der Waals surface area contributed by atoms with E-state index < -0.39 is 15.2 Å². The number of sulfonamides is 1. The van der Waals surface area contributed by atoms with Crippen LogP contribution in [0.4, 0.5) is 0 Å². The van der Waals surface area contributed by atoms with E-state index in [9.17, 15) is 8.42 Å². The van der Waals surface area contributed by atoms with Gasteiger partial charge in [-0.2, -0.15) is 0 Å². The van der Waals surface area contributed by atoms with Gasteiger partial charge in [0.25, 0.3) is 0 Å². The summed E-state index contributed by atoms with van der Waals surface area (Å²) in [5.74, 6) is 0.463. The van der Waals surface area contributed by atoms with Crippen LogP contribution in [0.25, 0.3) is 0 Å². The van der Waals surface area contributed by atoms with Gasteiger partial charge >= 0.3 is 0 Å². The van der Waals surface area contributed by atoms with Gasteiger partial charge in [0, 0.05) is 13.2 Å². The van der Waals surface area contributed by atoms with Crippen LogP contribution in [0.2, 0.25) is 0 Å². The van der Waals surface area contributed by atoms with Gasteiger partial charge in [0.15, 0.2) is 0 Å². The lowest BCUT2D eigenvalue weighted by Crippen LogP contribution is -2.28. The Balaban J connectivity index is 3.37. The molecule has 4 nitrogen and oxygen atoms in total. The lowest BCUT2D eigenvalue weighted by molar-refractivity contribution is 0.114. The van der Waals surface area contributed by atoms with Crippen LogP contribution in [-0.2, 0) is 14.8 Å². The van der Waals surface area contributed by atoms with Gasteiger partial charge in [-0.15, -0.1) is 11.6 Å². The standard InChI is InChI=1S/C7H16ClNO3S/c1-7(2)5-12-4-3-9-13(10,11)6-8/h7,9H,3-6H2,1-2H3. The molecule has 0 fully saturated rings. The average Bonchev–Trinajstić information content (AvgIpc) is 2.03. The molecule has 0 aromatic carbocycles. The Morgan fingerprint density at radius 1 is 1.46 bits per heavy atom. The summed E-state index contributed by atoms with van der Waals surface area (Å²) >= 11 is 5.17. The molecule has 0 aliphatic rings. The molecule has 80 valence electrons. The topological polar surface area (TPSA) is 55.4 Å². The number of ether oxygens (including phenoxy) is 1. The summed E-state index contributed by atoms with van der Waals surface area (Å²) in [6.07, 6.45) is 0. The molecule has 0 amide bonds. The minimum atomic E-state index is -3.28. The van der Waals surface area contributed by atoms with Gasteiger partial charge in [-0.25, -0.2) is 13.1 Å².